The molecule has 0 rings (SSSR count). The van der Waals surface area contributed by atoms with Crippen LogP contribution in [0.15, 0.2) is 0 Å². The summed E-state index contributed by atoms with van der Waals surface area (Å²) in [6.07, 6.45) is 1.20. The average Bonchev–Trinajstić information content (AvgIpc) is 2.09. The van der Waals surface area contributed by atoms with Crippen LogP contribution in [0.3, 0.4) is 0 Å². The molecule has 18 heavy (non-hydrogen) atoms. The molecule has 106 valence electrons. The summed E-state index contributed by atoms with van der Waals surface area (Å²) in [7, 11) is -3.54. The fraction of sp³-hybridized carbons (Fsp3) is 1.00. The van der Waals surface area contributed by atoms with Crippen LogP contribution in [-0.2, 0) is 14.3 Å². The van der Waals surface area contributed by atoms with Gasteiger partial charge in [0.05, 0.1) is 6.10 Å². The maximum atomic E-state index is 12.5. The Labute approximate surface area is 135 Å². The number of hydrogen-bond acceptors (Lipinski definition) is 3. The first kappa shape index (κ1) is 21.2. The second kappa shape index (κ2) is 8.25. The molecule has 0 aliphatic carbocycles. The Hall–Kier alpha value is 0.910. The van der Waals surface area contributed by atoms with Crippen molar-refractivity contribution in [2.75, 3.05) is 0 Å². The van der Waals surface area contributed by atoms with Gasteiger partial charge in [0.1, 0.15) is 4.75 Å². The van der Waals surface area contributed by atoms with Crippen molar-refractivity contribution in [1.82, 2.24) is 0 Å². The van der Waals surface area contributed by atoms with Crippen LogP contribution in [0.1, 0.15) is 61.3 Å². The van der Waals surface area contributed by atoms with Crippen LogP contribution in [0.2, 0.25) is 0 Å². The number of rotatable bonds is 7. The van der Waals surface area contributed by atoms with E-state index in [1.165, 1.54) is 0 Å². The van der Waals surface area contributed by atoms with E-state index in [0.717, 1.165) is 6.42 Å². The molecule has 0 saturated heterocycles. The van der Waals surface area contributed by atoms with Crippen molar-refractivity contribution in [2.45, 2.75) is 72.2 Å². The summed E-state index contributed by atoms with van der Waals surface area (Å²) in [5, 5.41) is 0. The molecule has 0 heterocycles. The molecule has 0 saturated carbocycles. The van der Waals surface area contributed by atoms with E-state index in [-0.39, 0.29) is 47.5 Å². The molecule has 0 aliphatic rings. The topological polar surface area (TPSA) is 43.4 Å². The van der Waals surface area contributed by atoms with E-state index >= 15 is 0 Å². The first-order valence-electron chi connectivity index (χ1n) is 6.54. The van der Waals surface area contributed by atoms with Gasteiger partial charge in [-0.2, -0.15) is 8.42 Å². The summed E-state index contributed by atoms with van der Waals surface area (Å²) in [4.78, 5) is 0. The van der Waals surface area contributed by atoms with Crippen molar-refractivity contribution < 1.29 is 12.6 Å². The van der Waals surface area contributed by atoms with Crippen molar-refractivity contribution >= 4 is 39.7 Å². The van der Waals surface area contributed by atoms with Gasteiger partial charge < -0.3 is 0 Å². The average molecular weight is 288 g/mol. The zero-order valence-electron chi connectivity index (χ0n) is 12.3. The van der Waals surface area contributed by atoms with Crippen molar-refractivity contribution in [2.24, 2.45) is 11.8 Å². The van der Waals surface area contributed by atoms with Gasteiger partial charge in [-0.15, -0.1) is 0 Å². The number of hydrogen-bond donors (Lipinski definition) is 0. The maximum absolute atomic E-state index is 12.5. The molecule has 5 heteroatoms. The Morgan fingerprint density at radius 3 is 1.61 bits per heavy atom. The zero-order chi connectivity index (χ0) is 13.9. The molecule has 0 aliphatic heterocycles. The molecule has 0 aromatic carbocycles. The molecule has 0 aromatic heterocycles. The van der Waals surface area contributed by atoms with Gasteiger partial charge in [0.25, 0.3) is 10.1 Å². The molecule has 0 bridgehead atoms. The first-order chi connectivity index (χ1) is 7.61. The van der Waals surface area contributed by atoms with Crippen LogP contribution in [0.5, 0.6) is 0 Å². The van der Waals surface area contributed by atoms with Gasteiger partial charge in [0.2, 0.25) is 0 Å². The van der Waals surface area contributed by atoms with Crippen LogP contribution in [0.25, 0.3) is 0 Å². The van der Waals surface area contributed by atoms with E-state index in [0.29, 0.717) is 6.42 Å². The molecule has 0 atom stereocenters. The molecular formula is C13H29NaO3S. The Balaban J connectivity index is 0. The summed E-state index contributed by atoms with van der Waals surface area (Å²) in [6.45, 7) is 13.4. The molecule has 0 spiro atoms. The third-order valence-electron chi connectivity index (χ3n) is 3.38. The molecule has 0 radical (unpaired) electrons. The second-order valence-corrected chi connectivity index (χ2v) is 7.47. The summed E-state index contributed by atoms with van der Waals surface area (Å²) >= 11 is 0. The second-order valence-electron chi connectivity index (χ2n) is 5.61. The van der Waals surface area contributed by atoms with Crippen molar-refractivity contribution in [3.63, 3.8) is 0 Å². The van der Waals surface area contributed by atoms with Crippen molar-refractivity contribution in [3.8, 4) is 0 Å². The predicted octanol–water partition coefficient (Wildman–Crippen LogP) is 2.94. The molecule has 0 amide bonds. The summed E-state index contributed by atoms with van der Waals surface area (Å²) in [6, 6.07) is 0. The quantitative estimate of drug-likeness (QED) is 0.534. The van der Waals surface area contributed by atoms with Crippen LogP contribution >= 0.6 is 0 Å². The third kappa shape index (κ3) is 4.48. The minimum atomic E-state index is -3.54. The molecule has 0 aromatic rings. The van der Waals surface area contributed by atoms with Gasteiger partial charge >= 0.3 is 29.6 Å². The van der Waals surface area contributed by atoms with Gasteiger partial charge in [-0.3, -0.25) is 4.18 Å². The Morgan fingerprint density at radius 2 is 1.39 bits per heavy atom. The third-order valence-corrected chi connectivity index (χ3v) is 6.10. The summed E-state index contributed by atoms with van der Waals surface area (Å²) in [5.74, 6) is 0.0948. The Morgan fingerprint density at radius 1 is 1.00 bits per heavy atom. The Kier molecular flexibility index (Phi) is 9.73. The normalized spacial score (nSPS) is 13.2. The van der Waals surface area contributed by atoms with Crippen LogP contribution in [0, 0.1) is 11.8 Å². The van der Waals surface area contributed by atoms with Crippen LogP contribution in [-0.4, -0.2) is 48.8 Å². The molecule has 0 fully saturated rings. The van der Waals surface area contributed by atoms with Gasteiger partial charge in [-0.05, 0) is 32.1 Å². The molecule has 3 nitrogen and oxygen atoms in total. The van der Waals surface area contributed by atoms with Gasteiger partial charge in [-0.1, -0.05) is 41.0 Å². The molecule has 0 N–H and O–H groups in total. The van der Waals surface area contributed by atoms with E-state index in [1.807, 2.05) is 34.6 Å². The van der Waals surface area contributed by atoms with Gasteiger partial charge in [0, 0.05) is 0 Å². The zero-order valence-corrected chi connectivity index (χ0v) is 13.1. The van der Waals surface area contributed by atoms with Crippen molar-refractivity contribution in [3.05, 3.63) is 0 Å². The van der Waals surface area contributed by atoms with E-state index in [1.54, 1.807) is 13.8 Å². The first-order valence-corrected chi connectivity index (χ1v) is 7.95. The van der Waals surface area contributed by atoms with E-state index in [2.05, 4.69) is 0 Å². The standard InChI is InChI=1S/C13H28O3S.Na.H/c1-8-9-13(10(2)3,11(4)5)17(14,15)16-12(6)7;;/h10-12H,8-9H2,1-7H3;;. The monoisotopic (exact) mass is 288 g/mol. The van der Waals surface area contributed by atoms with E-state index in [4.69, 9.17) is 4.18 Å². The van der Waals surface area contributed by atoms with Gasteiger partial charge in [0.15, 0.2) is 0 Å². The Bertz CT molecular complexity index is 313. The van der Waals surface area contributed by atoms with Gasteiger partial charge in [-0.25, -0.2) is 0 Å². The summed E-state index contributed by atoms with van der Waals surface area (Å²) < 4.78 is 29.5. The van der Waals surface area contributed by atoms with E-state index < -0.39 is 14.9 Å². The molecule has 0 unspecified atom stereocenters. The fourth-order valence-corrected chi connectivity index (χ4v) is 4.97. The van der Waals surface area contributed by atoms with E-state index in [9.17, 15) is 8.42 Å². The predicted molar refractivity (Wildman–Crippen MR) is 79.6 cm³/mol. The van der Waals surface area contributed by atoms with Crippen LogP contribution in [0.4, 0.5) is 0 Å². The fourth-order valence-electron chi connectivity index (χ4n) is 2.68. The van der Waals surface area contributed by atoms with Crippen molar-refractivity contribution in [1.29, 1.82) is 0 Å². The summed E-state index contributed by atoms with van der Waals surface area (Å²) in [5.41, 5.74) is 0. The molecular weight excluding hydrogens is 259 g/mol. The minimum absolute atomic E-state index is 0. The van der Waals surface area contributed by atoms with Crippen LogP contribution < -0.4 is 0 Å². The SMILES string of the molecule is CCCC(C(C)C)(C(C)C)S(=O)(=O)OC(C)C.[NaH].